The van der Waals surface area contributed by atoms with Gasteiger partial charge in [0.1, 0.15) is 11.9 Å². The Hall–Kier alpha value is -2.05. The molecule has 0 aromatic heterocycles. The Morgan fingerprint density at radius 3 is 2.69 bits per heavy atom. The number of rotatable bonds is 1. The van der Waals surface area contributed by atoms with Crippen molar-refractivity contribution in [3.05, 3.63) is 46.4 Å². The Labute approximate surface area is 157 Å². The minimum Gasteiger partial charge on any atom is -0.485 e. The average molecular weight is 370 g/mol. The number of fused-ring (bicyclic) bond motifs is 1. The molecular formula is C20H22N2O3S. The average Bonchev–Trinajstić information content (AvgIpc) is 2.95. The Bertz CT molecular complexity index is 820. The molecule has 1 fully saturated rings. The van der Waals surface area contributed by atoms with Gasteiger partial charge in [-0.3, -0.25) is 4.79 Å². The lowest BCUT2D eigenvalue weighted by atomic mass is 10.0. The third-order valence-electron chi connectivity index (χ3n) is 4.61. The van der Waals surface area contributed by atoms with Crippen molar-refractivity contribution >= 4 is 28.9 Å². The van der Waals surface area contributed by atoms with Gasteiger partial charge in [0.15, 0.2) is 5.17 Å². The Morgan fingerprint density at radius 1 is 1.19 bits per heavy atom. The monoisotopic (exact) mass is 370 g/mol. The van der Waals surface area contributed by atoms with Crippen molar-refractivity contribution in [3.8, 4) is 5.75 Å². The van der Waals surface area contributed by atoms with E-state index in [0.29, 0.717) is 4.91 Å². The molecule has 1 aromatic rings. The van der Waals surface area contributed by atoms with Crippen LogP contribution in [0.3, 0.4) is 0 Å². The third kappa shape index (κ3) is 3.44. The second kappa shape index (κ2) is 6.93. The van der Waals surface area contributed by atoms with E-state index in [-0.39, 0.29) is 24.2 Å². The summed E-state index contributed by atoms with van der Waals surface area (Å²) in [5, 5.41) is 0.772. The molecule has 0 spiro atoms. The number of amidine groups is 1. The van der Waals surface area contributed by atoms with Crippen molar-refractivity contribution in [2.24, 2.45) is 4.99 Å². The summed E-state index contributed by atoms with van der Waals surface area (Å²) in [4.78, 5) is 19.5. The standard InChI is InChI=1S/C20H22N2O3S/c1-12-10-22(11-13(2)24-12)20-21-19(23)18(26-20)9-16-8-15-6-4-5-7-17(15)25-14(16)3/h4-9,12-14H,10-11H2,1-3H3. The molecule has 4 rings (SSSR count). The zero-order valence-corrected chi connectivity index (χ0v) is 16.0. The number of morpholine rings is 1. The molecule has 1 aromatic carbocycles. The van der Waals surface area contributed by atoms with Crippen LogP contribution in [0.15, 0.2) is 45.8 Å². The fourth-order valence-electron chi connectivity index (χ4n) is 3.44. The topological polar surface area (TPSA) is 51.1 Å². The zero-order valence-electron chi connectivity index (χ0n) is 15.1. The summed E-state index contributed by atoms with van der Waals surface area (Å²) >= 11 is 1.44. The first-order valence-electron chi connectivity index (χ1n) is 8.90. The summed E-state index contributed by atoms with van der Waals surface area (Å²) in [5.41, 5.74) is 2.02. The van der Waals surface area contributed by atoms with Gasteiger partial charge in [0.2, 0.25) is 0 Å². The molecule has 0 bridgehead atoms. The van der Waals surface area contributed by atoms with Crippen LogP contribution in [0.2, 0.25) is 0 Å². The molecule has 0 radical (unpaired) electrons. The maximum absolute atomic E-state index is 12.4. The quantitative estimate of drug-likeness (QED) is 0.709. The molecule has 0 N–H and O–H groups in total. The minimum atomic E-state index is -0.177. The third-order valence-corrected chi connectivity index (χ3v) is 5.66. The summed E-state index contributed by atoms with van der Waals surface area (Å²) < 4.78 is 11.7. The molecule has 3 aliphatic rings. The second-order valence-electron chi connectivity index (χ2n) is 6.91. The smallest absolute Gasteiger partial charge is 0.286 e. The van der Waals surface area contributed by atoms with Crippen LogP contribution in [0.25, 0.3) is 6.08 Å². The zero-order chi connectivity index (χ0) is 18.3. The number of thioether (sulfide) groups is 1. The van der Waals surface area contributed by atoms with E-state index in [1.165, 1.54) is 11.8 Å². The Balaban J connectivity index is 1.55. The Morgan fingerprint density at radius 2 is 1.92 bits per heavy atom. The predicted octanol–water partition coefficient (Wildman–Crippen LogP) is 3.47. The number of carbonyl (C=O) groups excluding carboxylic acids is 1. The molecule has 1 saturated heterocycles. The van der Waals surface area contributed by atoms with E-state index in [9.17, 15) is 4.79 Å². The van der Waals surface area contributed by atoms with E-state index in [1.54, 1.807) is 0 Å². The highest BCUT2D eigenvalue weighted by atomic mass is 32.2. The van der Waals surface area contributed by atoms with E-state index in [0.717, 1.165) is 35.1 Å². The van der Waals surface area contributed by atoms with Crippen molar-refractivity contribution in [2.75, 3.05) is 13.1 Å². The molecule has 26 heavy (non-hydrogen) atoms. The lowest BCUT2D eigenvalue weighted by molar-refractivity contribution is -0.113. The number of carbonyl (C=O) groups is 1. The van der Waals surface area contributed by atoms with Crippen molar-refractivity contribution < 1.29 is 14.3 Å². The van der Waals surface area contributed by atoms with Gasteiger partial charge in [-0.25, -0.2) is 0 Å². The van der Waals surface area contributed by atoms with Gasteiger partial charge >= 0.3 is 0 Å². The summed E-state index contributed by atoms with van der Waals surface area (Å²) in [7, 11) is 0. The number of benzene rings is 1. The van der Waals surface area contributed by atoms with Gasteiger partial charge in [-0.1, -0.05) is 18.2 Å². The molecule has 3 aliphatic heterocycles. The van der Waals surface area contributed by atoms with Gasteiger partial charge in [0.05, 0.1) is 17.1 Å². The number of hydrogen-bond donors (Lipinski definition) is 0. The van der Waals surface area contributed by atoms with E-state index in [2.05, 4.69) is 16.0 Å². The fraction of sp³-hybridized carbons (Fsp3) is 0.400. The SMILES string of the molecule is CC1CN(C2=NC(=O)C(=CC3=Cc4ccccc4OC3C)S2)CC(C)O1. The molecule has 0 saturated carbocycles. The number of para-hydroxylation sites is 1. The van der Waals surface area contributed by atoms with Crippen LogP contribution in [0, 0.1) is 0 Å². The van der Waals surface area contributed by atoms with Crippen molar-refractivity contribution in [1.29, 1.82) is 0 Å². The van der Waals surface area contributed by atoms with Gasteiger partial charge in [-0.15, -0.1) is 0 Å². The minimum absolute atomic E-state index is 0.0988. The van der Waals surface area contributed by atoms with Gasteiger partial charge in [0.25, 0.3) is 5.91 Å². The second-order valence-corrected chi connectivity index (χ2v) is 7.92. The molecule has 0 aliphatic carbocycles. The summed E-state index contributed by atoms with van der Waals surface area (Å²) in [5.74, 6) is 0.699. The molecule has 3 unspecified atom stereocenters. The van der Waals surface area contributed by atoms with Gasteiger partial charge in [-0.05, 0) is 56.3 Å². The summed E-state index contributed by atoms with van der Waals surface area (Å²) in [6.45, 7) is 7.60. The summed E-state index contributed by atoms with van der Waals surface area (Å²) in [6, 6.07) is 7.92. The molecular weight excluding hydrogens is 348 g/mol. The molecule has 3 atom stereocenters. The van der Waals surface area contributed by atoms with Crippen LogP contribution in [0.4, 0.5) is 0 Å². The van der Waals surface area contributed by atoms with E-state index in [1.807, 2.05) is 51.1 Å². The van der Waals surface area contributed by atoms with Crippen molar-refractivity contribution in [3.63, 3.8) is 0 Å². The molecule has 6 heteroatoms. The molecule has 3 heterocycles. The fourth-order valence-corrected chi connectivity index (χ4v) is 4.37. The lowest BCUT2D eigenvalue weighted by Crippen LogP contribution is -2.47. The number of nitrogens with zero attached hydrogens (tertiary/aromatic N) is 2. The highest BCUT2D eigenvalue weighted by molar-refractivity contribution is 8.18. The number of amides is 1. The first kappa shape index (κ1) is 17.4. The van der Waals surface area contributed by atoms with Crippen LogP contribution >= 0.6 is 11.8 Å². The number of ether oxygens (including phenoxy) is 2. The van der Waals surface area contributed by atoms with Crippen LogP contribution in [0.1, 0.15) is 26.3 Å². The number of hydrogen-bond acceptors (Lipinski definition) is 5. The normalized spacial score (nSPS) is 30.0. The van der Waals surface area contributed by atoms with Gasteiger partial charge in [0, 0.05) is 18.7 Å². The van der Waals surface area contributed by atoms with E-state index < -0.39 is 0 Å². The van der Waals surface area contributed by atoms with E-state index in [4.69, 9.17) is 9.47 Å². The maximum Gasteiger partial charge on any atom is 0.286 e. The Kier molecular flexibility index (Phi) is 4.63. The highest BCUT2D eigenvalue weighted by Gasteiger charge is 2.31. The maximum atomic E-state index is 12.4. The van der Waals surface area contributed by atoms with Crippen molar-refractivity contribution in [2.45, 2.75) is 39.1 Å². The first-order valence-corrected chi connectivity index (χ1v) is 9.71. The van der Waals surface area contributed by atoms with Crippen LogP contribution in [-0.2, 0) is 9.53 Å². The highest BCUT2D eigenvalue weighted by Crippen LogP contribution is 2.35. The van der Waals surface area contributed by atoms with Crippen LogP contribution in [0.5, 0.6) is 5.75 Å². The lowest BCUT2D eigenvalue weighted by Gasteiger charge is -2.35. The summed E-state index contributed by atoms with van der Waals surface area (Å²) in [6.07, 6.45) is 4.17. The van der Waals surface area contributed by atoms with Crippen LogP contribution in [-0.4, -0.2) is 47.4 Å². The van der Waals surface area contributed by atoms with Crippen molar-refractivity contribution in [1.82, 2.24) is 4.90 Å². The predicted molar refractivity (Wildman–Crippen MR) is 104 cm³/mol. The molecule has 136 valence electrons. The molecule has 1 amide bonds. The van der Waals surface area contributed by atoms with E-state index >= 15 is 0 Å². The van der Waals surface area contributed by atoms with Gasteiger partial charge < -0.3 is 14.4 Å². The number of aliphatic imine (C=N–C) groups is 1. The molecule has 5 nitrogen and oxygen atoms in total. The van der Waals surface area contributed by atoms with Gasteiger partial charge in [-0.2, -0.15) is 4.99 Å². The van der Waals surface area contributed by atoms with Crippen LogP contribution < -0.4 is 4.74 Å². The first-order chi connectivity index (χ1) is 12.5. The largest absolute Gasteiger partial charge is 0.485 e.